The molecule has 0 saturated carbocycles. The van der Waals surface area contributed by atoms with Gasteiger partial charge < -0.3 is 10.6 Å². The zero-order chi connectivity index (χ0) is 18.8. The summed E-state index contributed by atoms with van der Waals surface area (Å²) < 4.78 is 61.8. The molecule has 142 valence electrons. The van der Waals surface area contributed by atoms with Crippen molar-refractivity contribution >= 4 is 15.9 Å². The highest BCUT2D eigenvalue weighted by atomic mass is 32.2. The first-order valence-electron chi connectivity index (χ1n) is 7.90. The number of nitrogens with zero attached hydrogens (tertiary/aromatic N) is 2. The lowest BCUT2D eigenvalue weighted by Gasteiger charge is -2.40. The molecule has 0 aromatic rings. The van der Waals surface area contributed by atoms with Gasteiger partial charge in [0, 0.05) is 19.1 Å². The van der Waals surface area contributed by atoms with Gasteiger partial charge >= 0.3 is 6.18 Å². The van der Waals surface area contributed by atoms with E-state index in [-0.39, 0.29) is 31.8 Å². The molecule has 6 nitrogen and oxygen atoms in total. The van der Waals surface area contributed by atoms with E-state index in [0.29, 0.717) is 10.7 Å². The van der Waals surface area contributed by atoms with Crippen LogP contribution in [0.2, 0.25) is 0 Å². The Labute approximate surface area is 141 Å². The number of amides is 1. The van der Waals surface area contributed by atoms with Crippen molar-refractivity contribution in [2.24, 2.45) is 5.73 Å². The first kappa shape index (κ1) is 21.2. The summed E-state index contributed by atoms with van der Waals surface area (Å²) in [5, 5.41) is 0. The van der Waals surface area contributed by atoms with Crippen LogP contribution >= 0.6 is 0 Å². The average Bonchev–Trinajstić information content (AvgIpc) is 2.42. The van der Waals surface area contributed by atoms with E-state index in [2.05, 4.69) is 0 Å². The molecule has 24 heavy (non-hydrogen) atoms. The number of halogens is 3. The average molecular weight is 373 g/mol. The molecule has 0 aromatic carbocycles. The van der Waals surface area contributed by atoms with Crippen LogP contribution in [-0.4, -0.2) is 67.2 Å². The van der Waals surface area contributed by atoms with Crippen LogP contribution in [0.1, 0.15) is 39.5 Å². The third kappa shape index (κ3) is 5.89. The highest BCUT2D eigenvalue weighted by Gasteiger charge is 2.41. The number of likely N-dealkylation sites (tertiary alicyclic amines) is 1. The summed E-state index contributed by atoms with van der Waals surface area (Å²) in [5.41, 5.74) is 4.99. The van der Waals surface area contributed by atoms with E-state index in [0.717, 1.165) is 12.7 Å². The lowest BCUT2D eigenvalue weighted by atomic mass is 9.94. The Balaban J connectivity index is 2.77. The van der Waals surface area contributed by atoms with E-state index in [1.54, 1.807) is 6.92 Å². The summed E-state index contributed by atoms with van der Waals surface area (Å²) in [6, 6.07) is -0.763. The maximum Gasteiger partial charge on any atom is 0.402 e. The SMILES string of the molecule is CCCC(C)(N)C(=O)N1CCC(N(CC(F)(F)F)S(C)(=O)=O)CC1. The van der Waals surface area contributed by atoms with Gasteiger partial charge in [-0.3, -0.25) is 4.79 Å². The Morgan fingerprint density at radius 1 is 1.29 bits per heavy atom. The fraction of sp³-hybridized carbons (Fsp3) is 0.929. The Morgan fingerprint density at radius 2 is 1.79 bits per heavy atom. The quantitative estimate of drug-likeness (QED) is 0.761. The van der Waals surface area contributed by atoms with Crippen LogP contribution in [0.5, 0.6) is 0 Å². The van der Waals surface area contributed by atoms with E-state index < -0.39 is 34.3 Å². The number of hydrogen-bond acceptors (Lipinski definition) is 4. The maximum atomic E-state index is 12.6. The van der Waals surface area contributed by atoms with Crippen molar-refractivity contribution in [3.8, 4) is 0 Å². The van der Waals surface area contributed by atoms with Crippen LogP contribution in [0, 0.1) is 0 Å². The van der Waals surface area contributed by atoms with E-state index in [1.807, 2.05) is 6.92 Å². The van der Waals surface area contributed by atoms with Gasteiger partial charge in [0.05, 0.1) is 11.8 Å². The van der Waals surface area contributed by atoms with Gasteiger partial charge in [0.25, 0.3) is 0 Å². The largest absolute Gasteiger partial charge is 0.402 e. The van der Waals surface area contributed by atoms with Gasteiger partial charge in [-0.05, 0) is 26.2 Å². The van der Waals surface area contributed by atoms with Gasteiger partial charge in [0.1, 0.15) is 6.54 Å². The molecule has 1 atom stereocenters. The molecular formula is C14H26F3N3O3S. The van der Waals surface area contributed by atoms with E-state index in [9.17, 15) is 26.4 Å². The van der Waals surface area contributed by atoms with Gasteiger partial charge in [-0.15, -0.1) is 0 Å². The lowest BCUT2D eigenvalue weighted by molar-refractivity contribution is -0.144. The second kappa shape index (κ2) is 7.57. The predicted octanol–water partition coefficient (Wildman–Crippen LogP) is 1.32. The van der Waals surface area contributed by atoms with Crippen molar-refractivity contribution in [1.29, 1.82) is 0 Å². The minimum absolute atomic E-state index is 0.164. The van der Waals surface area contributed by atoms with E-state index in [1.165, 1.54) is 4.90 Å². The molecule has 2 N–H and O–H groups in total. The summed E-state index contributed by atoms with van der Waals surface area (Å²) in [5.74, 6) is -0.246. The zero-order valence-electron chi connectivity index (χ0n) is 14.3. The predicted molar refractivity (Wildman–Crippen MR) is 84.7 cm³/mol. The summed E-state index contributed by atoms with van der Waals surface area (Å²) in [6.07, 6.45) is -2.26. The number of piperidine rings is 1. The molecule has 1 unspecified atom stereocenters. The Morgan fingerprint density at radius 3 is 2.17 bits per heavy atom. The van der Waals surface area contributed by atoms with Gasteiger partial charge in [0.15, 0.2) is 0 Å². The number of nitrogens with two attached hydrogens (primary N) is 1. The van der Waals surface area contributed by atoms with Crippen LogP contribution in [0.25, 0.3) is 0 Å². The fourth-order valence-corrected chi connectivity index (χ4v) is 4.17. The number of rotatable bonds is 6. The highest BCUT2D eigenvalue weighted by molar-refractivity contribution is 7.88. The summed E-state index contributed by atoms with van der Waals surface area (Å²) in [7, 11) is -3.99. The summed E-state index contributed by atoms with van der Waals surface area (Å²) >= 11 is 0. The molecule has 1 aliphatic rings. The van der Waals surface area contributed by atoms with Crippen molar-refractivity contribution in [3.05, 3.63) is 0 Å². The number of hydrogen-bond donors (Lipinski definition) is 1. The molecule has 0 spiro atoms. The third-order valence-electron chi connectivity index (χ3n) is 4.18. The monoisotopic (exact) mass is 373 g/mol. The number of sulfonamides is 1. The molecule has 1 aliphatic heterocycles. The highest BCUT2D eigenvalue weighted by Crippen LogP contribution is 2.26. The molecule has 1 fully saturated rings. The van der Waals surface area contributed by atoms with E-state index in [4.69, 9.17) is 5.73 Å². The van der Waals surface area contributed by atoms with Crippen LogP contribution < -0.4 is 5.73 Å². The smallest absolute Gasteiger partial charge is 0.341 e. The Bertz CT molecular complexity index is 541. The standard InChI is InChI=1S/C14H26F3N3O3S/c1-4-7-13(2,18)12(21)19-8-5-11(6-9-19)20(24(3,22)23)10-14(15,16)17/h11H,4-10,18H2,1-3H3. The van der Waals surface area contributed by atoms with Gasteiger partial charge in [0.2, 0.25) is 15.9 Å². The minimum Gasteiger partial charge on any atom is -0.341 e. The molecule has 1 rings (SSSR count). The molecule has 0 aromatic heterocycles. The van der Waals surface area contributed by atoms with E-state index >= 15 is 0 Å². The third-order valence-corrected chi connectivity index (χ3v) is 5.46. The van der Waals surface area contributed by atoms with Crippen molar-refractivity contribution < 1.29 is 26.4 Å². The number of carbonyl (C=O) groups is 1. The zero-order valence-corrected chi connectivity index (χ0v) is 15.1. The Hall–Kier alpha value is -0.870. The van der Waals surface area contributed by atoms with Crippen molar-refractivity contribution in [1.82, 2.24) is 9.21 Å². The molecule has 0 bridgehead atoms. The molecule has 0 radical (unpaired) electrons. The van der Waals surface area contributed by atoms with Crippen molar-refractivity contribution in [3.63, 3.8) is 0 Å². The van der Waals surface area contributed by atoms with Crippen LogP contribution in [0.3, 0.4) is 0 Å². The van der Waals surface area contributed by atoms with Gasteiger partial charge in [-0.2, -0.15) is 17.5 Å². The lowest BCUT2D eigenvalue weighted by Crippen LogP contribution is -2.57. The van der Waals surface area contributed by atoms with Crippen LogP contribution in [-0.2, 0) is 14.8 Å². The topological polar surface area (TPSA) is 83.7 Å². The summed E-state index contributed by atoms with van der Waals surface area (Å²) in [6.45, 7) is 2.44. The van der Waals surface area contributed by atoms with Crippen LogP contribution in [0.4, 0.5) is 13.2 Å². The second-order valence-electron chi connectivity index (χ2n) is 6.61. The summed E-state index contributed by atoms with van der Waals surface area (Å²) in [4.78, 5) is 13.9. The normalized spacial score (nSPS) is 20.2. The second-order valence-corrected chi connectivity index (χ2v) is 8.55. The minimum atomic E-state index is -4.60. The Kier molecular flexibility index (Phi) is 6.68. The van der Waals surface area contributed by atoms with Gasteiger partial charge in [-0.1, -0.05) is 13.3 Å². The van der Waals surface area contributed by atoms with Crippen molar-refractivity contribution in [2.45, 2.75) is 57.3 Å². The molecule has 1 amide bonds. The first-order chi connectivity index (χ1) is 10.8. The molecular weight excluding hydrogens is 347 g/mol. The maximum absolute atomic E-state index is 12.6. The molecule has 0 aliphatic carbocycles. The number of carbonyl (C=O) groups excluding carboxylic acids is 1. The molecule has 1 saturated heterocycles. The van der Waals surface area contributed by atoms with Crippen molar-refractivity contribution in [2.75, 3.05) is 25.9 Å². The number of alkyl halides is 3. The fourth-order valence-electron chi connectivity index (χ4n) is 3.04. The molecule has 10 heteroatoms. The molecule has 1 heterocycles. The van der Waals surface area contributed by atoms with Gasteiger partial charge in [-0.25, -0.2) is 8.42 Å². The first-order valence-corrected chi connectivity index (χ1v) is 9.74. The van der Waals surface area contributed by atoms with Crippen LogP contribution in [0.15, 0.2) is 0 Å².